The molecule has 0 saturated heterocycles. The van der Waals surface area contributed by atoms with Crippen LogP contribution in [-0.2, 0) is 21.3 Å². The summed E-state index contributed by atoms with van der Waals surface area (Å²) in [7, 11) is -3.70. The first-order chi connectivity index (χ1) is 9.37. The zero-order valence-corrected chi connectivity index (χ0v) is 12.6. The van der Waals surface area contributed by atoms with E-state index in [0.717, 1.165) is 12.1 Å². The molecule has 0 aliphatic heterocycles. The van der Waals surface area contributed by atoms with Gasteiger partial charge in [0.2, 0.25) is 0 Å². The van der Waals surface area contributed by atoms with E-state index in [9.17, 15) is 17.2 Å². The molecule has 106 valence electrons. The first-order valence-corrected chi connectivity index (χ1v) is 8.22. The van der Waals surface area contributed by atoms with Crippen molar-refractivity contribution >= 4 is 25.8 Å². The fraction of sp³-hybridized carbons (Fsp3) is 0.154. The van der Waals surface area contributed by atoms with E-state index >= 15 is 0 Å². The molecule has 0 amide bonds. The normalized spacial score (nSPS) is 11.6. The second-order valence-corrected chi connectivity index (χ2v) is 7.18. The molecule has 0 spiro atoms. The minimum absolute atomic E-state index is 0.221. The molecule has 0 radical (unpaired) electrons. The summed E-state index contributed by atoms with van der Waals surface area (Å²) in [6.45, 7) is 0. The number of benzene rings is 1. The van der Waals surface area contributed by atoms with Gasteiger partial charge in [0.25, 0.3) is 0 Å². The van der Waals surface area contributed by atoms with Gasteiger partial charge in [-0.05, 0) is 24.3 Å². The molecule has 0 unspecified atom stereocenters. The summed E-state index contributed by atoms with van der Waals surface area (Å²) in [5.41, 5.74) is -0.116. The second-order valence-electron chi connectivity index (χ2n) is 4.20. The van der Waals surface area contributed by atoms with Crippen LogP contribution in [0.25, 0.3) is 0 Å². The van der Waals surface area contributed by atoms with Gasteiger partial charge in [-0.3, -0.25) is 4.98 Å². The molecule has 0 bridgehead atoms. The fourth-order valence-electron chi connectivity index (χ4n) is 1.69. The SMILES string of the molecule is O=S(=O)(Cc1ccccn1)Cc1c(F)cc(Br)cc1F. The molecule has 0 saturated carbocycles. The lowest BCUT2D eigenvalue weighted by Crippen LogP contribution is -2.11. The van der Waals surface area contributed by atoms with Crippen molar-refractivity contribution in [3.8, 4) is 0 Å². The molecular formula is C13H10BrF2NO2S. The van der Waals surface area contributed by atoms with Crippen molar-refractivity contribution in [1.29, 1.82) is 0 Å². The Labute approximate surface area is 123 Å². The summed E-state index contributed by atoms with van der Waals surface area (Å²) in [6, 6.07) is 6.93. The van der Waals surface area contributed by atoms with Crippen molar-refractivity contribution in [3.63, 3.8) is 0 Å². The molecule has 2 rings (SSSR count). The van der Waals surface area contributed by atoms with E-state index in [-0.39, 0.29) is 10.2 Å². The summed E-state index contributed by atoms with van der Waals surface area (Å²) < 4.78 is 51.4. The summed E-state index contributed by atoms with van der Waals surface area (Å²) in [5.74, 6) is -2.83. The highest BCUT2D eigenvalue weighted by Crippen LogP contribution is 2.22. The van der Waals surface area contributed by atoms with Crippen LogP contribution in [0.15, 0.2) is 41.0 Å². The molecule has 7 heteroatoms. The number of sulfone groups is 1. The van der Waals surface area contributed by atoms with Crippen LogP contribution in [0, 0.1) is 11.6 Å². The third-order valence-electron chi connectivity index (χ3n) is 2.56. The quantitative estimate of drug-likeness (QED) is 0.839. The maximum atomic E-state index is 13.6. The van der Waals surface area contributed by atoms with Gasteiger partial charge in [-0.2, -0.15) is 0 Å². The van der Waals surface area contributed by atoms with Crippen molar-refractivity contribution in [2.24, 2.45) is 0 Å². The number of halogens is 3. The zero-order chi connectivity index (χ0) is 14.8. The number of pyridine rings is 1. The van der Waals surface area contributed by atoms with E-state index in [1.807, 2.05) is 0 Å². The topological polar surface area (TPSA) is 47.0 Å². The van der Waals surface area contributed by atoms with Crippen LogP contribution < -0.4 is 0 Å². The summed E-state index contributed by atoms with van der Waals surface area (Å²) in [5, 5.41) is 0. The van der Waals surface area contributed by atoms with Crippen LogP contribution in [0.2, 0.25) is 0 Å². The van der Waals surface area contributed by atoms with Crippen molar-refractivity contribution in [2.45, 2.75) is 11.5 Å². The fourth-order valence-corrected chi connectivity index (χ4v) is 3.53. The largest absolute Gasteiger partial charge is 0.260 e. The molecule has 2 aromatic rings. The molecular weight excluding hydrogens is 352 g/mol. The number of hydrogen-bond donors (Lipinski definition) is 0. The Morgan fingerprint density at radius 2 is 1.75 bits per heavy atom. The van der Waals surface area contributed by atoms with Crippen molar-refractivity contribution in [3.05, 3.63) is 63.9 Å². The Bertz CT molecular complexity index is 697. The smallest absolute Gasteiger partial charge is 0.160 e. The van der Waals surface area contributed by atoms with E-state index in [1.165, 1.54) is 6.20 Å². The third kappa shape index (κ3) is 3.83. The summed E-state index contributed by atoms with van der Waals surface area (Å²) in [6.07, 6.45) is 1.46. The van der Waals surface area contributed by atoms with Crippen LogP contribution in [0.3, 0.4) is 0 Å². The molecule has 1 aromatic heterocycles. The third-order valence-corrected chi connectivity index (χ3v) is 4.49. The molecule has 1 heterocycles. The minimum atomic E-state index is -3.70. The summed E-state index contributed by atoms with van der Waals surface area (Å²) >= 11 is 2.94. The average molecular weight is 362 g/mol. The standard InChI is InChI=1S/C13H10BrF2NO2S/c14-9-5-12(15)11(13(16)6-9)8-20(18,19)7-10-3-1-2-4-17-10/h1-6H,7-8H2. The maximum Gasteiger partial charge on any atom is 0.160 e. The molecule has 20 heavy (non-hydrogen) atoms. The van der Waals surface area contributed by atoms with E-state index in [1.54, 1.807) is 18.2 Å². The molecule has 3 nitrogen and oxygen atoms in total. The Kier molecular flexibility index (Phi) is 4.49. The summed E-state index contributed by atoms with van der Waals surface area (Å²) in [4.78, 5) is 3.89. The van der Waals surface area contributed by atoms with Gasteiger partial charge in [-0.15, -0.1) is 0 Å². The Balaban J connectivity index is 2.25. The molecule has 0 aliphatic carbocycles. The second kappa shape index (κ2) is 5.97. The zero-order valence-electron chi connectivity index (χ0n) is 10.2. The molecule has 1 aromatic carbocycles. The lowest BCUT2D eigenvalue weighted by molar-refractivity contribution is 0.554. The lowest BCUT2D eigenvalue weighted by atomic mass is 10.2. The van der Waals surface area contributed by atoms with Crippen LogP contribution in [-0.4, -0.2) is 13.4 Å². The van der Waals surface area contributed by atoms with Gasteiger partial charge in [-0.25, -0.2) is 17.2 Å². The molecule has 0 N–H and O–H groups in total. The van der Waals surface area contributed by atoms with Gasteiger partial charge in [0.15, 0.2) is 9.84 Å². The van der Waals surface area contributed by atoms with Gasteiger partial charge in [-0.1, -0.05) is 22.0 Å². The molecule has 0 atom stereocenters. The highest BCUT2D eigenvalue weighted by molar-refractivity contribution is 9.10. The number of aromatic nitrogens is 1. The van der Waals surface area contributed by atoms with Gasteiger partial charge < -0.3 is 0 Å². The lowest BCUT2D eigenvalue weighted by Gasteiger charge is -2.07. The van der Waals surface area contributed by atoms with Crippen molar-refractivity contribution in [2.75, 3.05) is 0 Å². The first-order valence-electron chi connectivity index (χ1n) is 5.61. The van der Waals surface area contributed by atoms with E-state index in [4.69, 9.17) is 0 Å². The van der Waals surface area contributed by atoms with E-state index < -0.39 is 32.8 Å². The van der Waals surface area contributed by atoms with Crippen LogP contribution >= 0.6 is 15.9 Å². The van der Waals surface area contributed by atoms with Gasteiger partial charge in [0.05, 0.1) is 17.2 Å². The predicted molar refractivity (Wildman–Crippen MR) is 74.6 cm³/mol. The minimum Gasteiger partial charge on any atom is -0.260 e. The van der Waals surface area contributed by atoms with E-state index in [2.05, 4.69) is 20.9 Å². The van der Waals surface area contributed by atoms with Gasteiger partial charge in [0.1, 0.15) is 11.6 Å². The number of rotatable bonds is 4. The van der Waals surface area contributed by atoms with Crippen molar-refractivity contribution < 1.29 is 17.2 Å². The van der Waals surface area contributed by atoms with Gasteiger partial charge >= 0.3 is 0 Å². The van der Waals surface area contributed by atoms with Crippen LogP contribution in [0.5, 0.6) is 0 Å². The Hall–Kier alpha value is -1.34. The maximum absolute atomic E-state index is 13.6. The Morgan fingerprint density at radius 3 is 2.30 bits per heavy atom. The van der Waals surface area contributed by atoms with Crippen LogP contribution in [0.4, 0.5) is 8.78 Å². The monoisotopic (exact) mass is 361 g/mol. The molecule has 0 fully saturated rings. The number of hydrogen-bond acceptors (Lipinski definition) is 3. The Morgan fingerprint density at radius 1 is 1.10 bits per heavy atom. The predicted octanol–water partition coefficient (Wildman–Crippen LogP) is 3.24. The van der Waals surface area contributed by atoms with Crippen LogP contribution in [0.1, 0.15) is 11.3 Å². The highest BCUT2D eigenvalue weighted by atomic mass is 79.9. The first kappa shape index (κ1) is 15.1. The average Bonchev–Trinajstić information content (AvgIpc) is 2.34. The van der Waals surface area contributed by atoms with E-state index in [0.29, 0.717) is 5.69 Å². The van der Waals surface area contributed by atoms with Crippen molar-refractivity contribution in [1.82, 2.24) is 4.98 Å². The number of nitrogens with zero attached hydrogens (tertiary/aromatic N) is 1. The molecule has 0 aliphatic rings. The highest BCUT2D eigenvalue weighted by Gasteiger charge is 2.20. The van der Waals surface area contributed by atoms with Gasteiger partial charge in [0, 0.05) is 16.2 Å².